The Bertz CT molecular complexity index is 2310. The van der Waals surface area contributed by atoms with Crippen molar-refractivity contribution in [3.8, 4) is 32.0 Å². The predicted octanol–water partition coefficient (Wildman–Crippen LogP) is 13.9. The van der Waals surface area contributed by atoms with Crippen molar-refractivity contribution in [3.05, 3.63) is 92.7 Å². The number of hydrogen-bond donors (Lipinski definition) is 0. The van der Waals surface area contributed by atoms with Crippen LogP contribution < -0.4 is 0 Å². The molecule has 0 atom stereocenters. The lowest BCUT2D eigenvalue weighted by atomic mass is 9.79. The van der Waals surface area contributed by atoms with Gasteiger partial charge in [-0.15, -0.1) is 45.3 Å². The summed E-state index contributed by atoms with van der Waals surface area (Å²) in [5, 5.41) is 2.78. The van der Waals surface area contributed by atoms with Gasteiger partial charge in [-0.2, -0.15) is 0 Å². The first kappa shape index (κ1) is 27.5. The molecule has 0 saturated carbocycles. The van der Waals surface area contributed by atoms with Gasteiger partial charge in [0, 0.05) is 49.1 Å². The molecule has 4 aromatic heterocycles. The second-order valence-corrected chi connectivity index (χ2v) is 19.0. The second-order valence-electron chi connectivity index (χ2n) is 14.6. The van der Waals surface area contributed by atoms with Gasteiger partial charge in [-0.3, -0.25) is 0 Å². The Labute approximate surface area is 276 Å². The van der Waals surface area contributed by atoms with Crippen LogP contribution in [0.3, 0.4) is 0 Å². The standard InChI is InChI=1S/C40H36S4/c1-19(2)31-11-21-9-27-25(15-33(21)41-31)23-13-30-24(14-29(23)39(27,5)6)26-16-34-22(10-28(26)40(30,7)8)12-35(43-34)37-18-38-36(44-37)17-32(42-38)20(3)4/h9-20H,1-8H3. The van der Waals surface area contributed by atoms with Crippen LogP contribution in [0.2, 0.25) is 0 Å². The lowest BCUT2D eigenvalue weighted by Gasteiger charge is -2.24. The van der Waals surface area contributed by atoms with Gasteiger partial charge in [0.2, 0.25) is 0 Å². The maximum absolute atomic E-state index is 2.56. The highest BCUT2D eigenvalue weighted by Crippen LogP contribution is 2.58. The zero-order valence-electron chi connectivity index (χ0n) is 26.6. The van der Waals surface area contributed by atoms with Crippen molar-refractivity contribution in [2.45, 2.75) is 78.1 Å². The third kappa shape index (κ3) is 3.66. The number of benzene rings is 3. The molecule has 220 valence electrons. The zero-order valence-corrected chi connectivity index (χ0v) is 29.8. The lowest BCUT2D eigenvalue weighted by molar-refractivity contribution is 0.653. The van der Waals surface area contributed by atoms with E-state index in [1.807, 2.05) is 45.3 Å². The van der Waals surface area contributed by atoms with Gasteiger partial charge in [0.1, 0.15) is 0 Å². The van der Waals surface area contributed by atoms with E-state index in [0.717, 1.165) is 0 Å². The Morgan fingerprint density at radius 2 is 0.818 bits per heavy atom. The summed E-state index contributed by atoms with van der Waals surface area (Å²) in [6.45, 7) is 18.9. The Morgan fingerprint density at radius 1 is 0.409 bits per heavy atom. The summed E-state index contributed by atoms with van der Waals surface area (Å²) in [5.41, 5.74) is 11.6. The van der Waals surface area contributed by atoms with Crippen LogP contribution in [0.15, 0.2) is 60.7 Å². The molecule has 44 heavy (non-hydrogen) atoms. The molecule has 7 aromatic rings. The summed E-state index contributed by atoms with van der Waals surface area (Å²) in [6, 6.07) is 24.8. The first-order valence-electron chi connectivity index (χ1n) is 15.8. The molecule has 2 aliphatic rings. The zero-order chi connectivity index (χ0) is 30.4. The average Bonchev–Trinajstić information content (AvgIpc) is 3.78. The van der Waals surface area contributed by atoms with E-state index in [4.69, 9.17) is 0 Å². The van der Waals surface area contributed by atoms with Crippen LogP contribution in [0.25, 0.3) is 61.6 Å². The summed E-state index contributed by atoms with van der Waals surface area (Å²) < 4.78 is 5.68. The Morgan fingerprint density at radius 3 is 1.39 bits per heavy atom. The number of rotatable bonds is 3. The van der Waals surface area contributed by atoms with E-state index in [0.29, 0.717) is 11.8 Å². The molecule has 0 saturated heterocycles. The molecular formula is C40H36S4. The van der Waals surface area contributed by atoms with Crippen molar-refractivity contribution in [1.82, 2.24) is 0 Å². The Kier molecular flexibility index (Phi) is 5.60. The van der Waals surface area contributed by atoms with Gasteiger partial charge in [0.25, 0.3) is 0 Å². The summed E-state index contributed by atoms with van der Waals surface area (Å²) in [5.74, 6) is 1.16. The topological polar surface area (TPSA) is 0 Å². The third-order valence-corrected chi connectivity index (χ3v) is 15.7. The van der Waals surface area contributed by atoms with E-state index in [1.54, 1.807) is 0 Å². The smallest absolute Gasteiger partial charge is 0.0463 e. The second kappa shape index (κ2) is 8.94. The van der Waals surface area contributed by atoms with Crippen molar-refractivity contribution in [2.24, 2.45) is 0 Å². The fourth-order valence-electron chi connectivity index (χ4n) is 7.71. The molecule has 0 amide bonds. The highest BCUT2D eigenvalue weighted by Gasteiger charge is 2.42. The molecule has 3 aromatic carbocycles. The van der Waals surface area contributed by atoms with Gasteiger partial charge >= 0.3 is 0 Å². The van der Waals surface area contributed by atoms with E-state index >= 15 is 0 Å². The van der Waals surface area contributed by atoms with E-state index < -0.39 is 0 Å². The highest BCUT2D eigenvalue weighted by atomic mass is 32.1. The molecule has 0 N–H and O–H groups in total. The molecule has 0 fully saturated rings. The van der Waals surface area contributed by atoms with Crippen molar-refractivity contribution < 1.29 is 0 Å². The van der Waals surface area contributed by atoms with E-state index in [-0.39, 0.29) is 10.8 Å². The van der Waals surface area contributed by atoms with Crippen LogP contribution in [0.1, 0.15) is 99.2 Å². The third-order valence-electron chi connectivity index (χ3n) is 10.4. The summed E-state index contributed by atoms with van der Waals surface area (Å²) in [7, 11) is 0. The SMILES string of the molecule is CC(C)c1cc2cc3c(cc2s1)-c1cc2c(cc1C3(C)C)-c1cc3sc(-c4cc5sc(C(C)C)cc5s4)cc3cc1C2(C)C. The van der Waals surface area contributed by atoms with E-state index in [1.165, 1.54) is 93.6 Å². The Balaban J connectivity index is 1.18. The molecule has 0 nitrogen and oxygen atoms in total. The Hall–Kier alpha value is -2.76. The summed E-state index contributed by atoms with van der Waals surface area (Å²) >= 11 is 7.84. The quantitative estimate of drug-likeness (QED) is 0.180. The largest absolute Gasteiger partial charge is 0.140 e. The van der Waals surface area contributed by atoms with Crippen molar-refractivity contribution >= 4 is 74.9 Å². The van der Waals surface area contributed by atoms with Crippen LogP contribution >= 0.6 is 45.3 Å². The van der Waals surface area contributed by atoms with Crippen LogP contribution in [-0.2, 0) is 10.8 Å². The van der Waals surface area contributed by atoms with Gasteiger partial charge in [0.05, 0.1) is 0 Å². The normalized spacial score (nSPS) is 16.0. The van der Waals surface area contributed by atoms with E-state index in [2.05, 4.69) is 116 Å². The van der Waals surface area contributed by atoms with Gasteiger partial charge in [-0.25, -0.2) is 0 Å². The van der Waals surface area contributed by atoms with Crippen LogP contribution in [0.5, 0.6) is 0 Å². The molecule has 2 aliphatic carbocycles. The molecular weight excluding hydrogens is 609 g/mol. The van der Waals surface area contributed by atoms with Crippen molar-refractivity contribution in [2.75, 3.05) is 0 Å². The van der Waals surface area contributed by atoms with Crippen LogP contribution in [-0.4, -0.2) is 0 Å². The average molecular weight is 645 g/mol. The van der Waals surface area contributed by atoms with E-state index in [9.17, 15) is 0 Å². The number of thiophene rings is 4. The minimum Gasteiger partial charge on any atom is -0.140 e. The molecule has 0 bridgehead atoms. The number of fused-ring (bicyclic) bond motifs is 9. The van der Waals surface area contributed by atoms with Gasteiger partial charge in [-0.1, -0.05) is 55.4 Å². The maximum atomic E-state index is 2.56. The highest BCUT2D eigenvalue weighted by molar-refractivity contribution is 7.32. The molecule has 9 rings (SSSR count). The minimum absolute atomic E-state index is 0.0254. The molecule has 4 heteroatoms. The number of hydrogen-bond acceptors (Lipinski definition) is 4. The summed E-state index contributed by atoms with van der Waals surface area (Å²) in [6.07, 6.45) is 0. The molecule has 0 aliphatic heterocycles. The first-order chi connectivity index (χ1) is 20.9. The minimum atomic E-state index is -0.0421. The summed E-state index contributed by atoms with van der Waals surface area (Å²) in [4.78, 5) is 5.77. The first-order valence-corrected chi connectivity index (χ1v) is 19.1. The van der Waals surface area contributed by atoms with Crippen molar-refractivity contribution in [3.63, 3.8) is 0 Å². The van der Waals surface area contributed by atoms with Crippen LogP contribution in [0, 0.1) is 0 Å². The van der Waals surface area contributed by atoms with Gasteiger partial charge < -0.3 is 0 Å². The van der Waals surface area contributed by atoms with Crippen molar-refractivity contribution in [1.29, 1.82) is 0 Å². The monoisotopic (exact) mass is 644 g/mol. The molecule has 4 heterocycles. The van der Waals surface area contributed by atoms with Gasteiger partial charge in [0.15, 0.2) is 0 Å². The molecule has 0 unspecified atom stereocenters. The lowest BCUT2D eigenvalue weighted by Crippen LogP contribution is -2.17. The molecule has 0 spiro atoms. The maximum Gasteiger partial charge on any atom is 0.0463 e. The fourth-order valence-corrected chi connectivity index (χ4v) is 12.4. The fraction of sp³-hybridized carbons (Fsp3) is 0.300. The predicted molar refractivity (Wildman–Crippen MR) is 199 cm³/mol. The van der Waals surface area contributed by atoms with Crippen LogP contribution in [0.4, 0.5) is 0 Å². The molecule has 0 radical (unpaired) electrons. The van der Waals surface area contributed by atoms with Gasteiger partial charge in [-0.05, 0) is 128 Å².